The molecule has 2 aromatic heterocycles. The van der Waals surface area contributed by atoms with E-state index in [9.17, 15) is 9.90 Å². The molecule has 0 radical (unpaired) electrons. The van der Waals surface area contributed by atoms with E-state index in [2.05, 4.69) is 54.8 Å². The maximum atomic E-state index is 12.8. The van der Waals surface area contributed by atoms with Crippen LogP contribution in [-0.2, 0) is 13.6 Å². The van der Waals surface area contributed by atoms with Crippen LogP contribution in [0.3, 0.4) is 0 Å². The maximum absolute atomic E-state index is 12.8. The summed E-state index contributed by atoms with van der Waals surface area (Å²) in [6.07, 6.45) is -0.389. The number of anilines is 1. The van der Waals surface area contributed by atoms with Gasteiger partial charge in [0, 0.05) is 51.0 Å². The highest BCUT2D eigenvalue weighted by Crippen LogP contribution is 2.25. The zero-order valence-electron chi connectivity index (χ0n) is 19.2. The Morgan fingerprint density at radius 3 is 2.26 bits per heavy atom. The molecule has 1 aromatic carbocycles. The molecule has 4 rings (SSSR count). The second kappa shape index (κ2) is 8.13. The molecule has 1 aliphatic rings. The highest BCUT2D eigenvalue weighted by atomic mass is 16.3. The van der Waals surface area contributed by atoms with Gasteiger partial charge in [0.25, 0.3) is 0 Å². The maximum Gasteiger partial charge on any atom is 0.330 e. The van der Waals surface area contributed by atoms with Gasteiger partial charge in [0.05, 0.1) is 11.2 Å². The Morgan fingerprint density at radius 1 is 1.03 bits per heavy atom. The van der Waals surface area contributed by atoms with Crippen LogP contribution in [-0.4, -0.2) is 56.5 Å². The van der Waals surface area contributed by atoms with Gasteiger partial charge in [-0.3, -0.25) is 14.0 Å². The van der Waals surface area contributed by atoms with Gasteiger partial charge in [0.1, 0.15) is 6.23 Å². The van der Waals surface area contributed by atoms with E-state index in [-0.39, 0.29) is 17.3 Å². The van der Waals surface area contributed by atoms with Crippen LogP contribution >= 0.6 is 0 Å². The third kappa shape index (κ3) is 4.38. The van der Waals surface area contributed by atoms with Crippen LogP contribution in [0.15, 0.2) is 41.2 Å². The monoisotopic (exact) mass is 423 g/mol. The number of aromatic nitrogens is 3. The van der Waals surface area contributed by atoms with Gasteiger partial charge in [-0.2, -0.15) is 0 Å². The summed E-state index contributed by atoms with van der Waals surface area (Å²) in [6, 6.07) is 12.4. The molecule has 1 aliphatic heterocycles. The highest BCUT2D eigenvalue weighted by Gasteiger charge is 2.21. The number of hydrogen-bond acceptors (Lipinski definition) is 5. The first-order chi connectivity index (χ1) is 14.6. The van der Waals surface area contributed by atoms with E-state index in [0.717, 1.165) is 43.0 Å². The molecule has 1 fully saturated rings. The molecule has 7 heteroatoms. The Bertz CT molecular complexity index is 1110. The molecular formula is C24H33N5O2. The number of piperazine rings is 1. The van der Waals surface area contributed by atoms with Crippen molar-refractivity contribution in [2.45, 2.75) is 40.5 Å². The zero-order chi connectivity index (χ0) is 22.3. The number of nitrogens with zero attached hydrogens (tertiary/aromatic N) is 5. The number of hydrogen-bond donors (Lipinski definition) is 1. The average molecular weight is 424 g/mol. The second-order valence-electron chi connectivity index (χ2n) is 9.73. The van der Waals surface area contributed by atoms with E-state index in [4.69, 9.17) is 4.98 Å². The Labute approximate surface area is 183 Å². The lowest BCUT2D eigenvalue weighted by molar-refractivity contribution is 0.0153. The van der Waals surface area contributed by atoms with Crippen LogP contribution in [0.1, 0.15) is 27.7 Å². The molecule has 3 aromatic rings. The Hall–Kier alpha value is -2.64. The fourth-order valence-electron chi connectivity index (χ4n) is 4.26. The molecule has 166 valence electrons. The van der Waals surface area contributed by atoms with Crippen molar-refractivity contribution in [1.82, 2.24) is 19.0 Å². The smallest absolute Gasteiger partial charge is 0.330 e. The molecular weight excluding hydrogens is 390 g/mol. The van der Waals surface area contributed by atoms with Crippen LogP contribution < -0.4 is 10.6 Å². The van der Waals surface area contributed by atoms with E-state index in [1.807, 2.05) is 23.6 Å². The minimum atomic E-state index is -0.389. The molecule has 1 saturated heterocycles. The molecule has 0 bridgehead atoms. The number of aliphatic hydroxyl groups is 1. The van der Waals surface area contributed by atoms with Gasteiger partial charge in [0.2, 0.25) is 0 Å². The van der Waals surface area contributed by atoms with Gasteiger partial charge in [-0.1, -0.05) is 32.9 Å². The number of imidazole rings is 1. The van der Waals surface area contributed by atoms with E-state index >= 15 is 0 Å². The predicted molar refractivity (Wildman–Crippen MR) is 125 cm³/mol. The van der Waals surface area contributed by atoms with Crippen molar-refractivity contribution in [1.29, 1.82) is 0 Å². The standard InChI is InChI=1S/C24H33N5O2/c1-17(30)27-12-14-28(15-13-27)19-8-6-18(7-9-19)20-10-11-21-22(25-20)26(5)23(31)29(21)16-24(2,3)4/h6-11,17,30H,12-16H2,1-5H3. The third-order valence-corrected chi connectivity index (χ3v) is 5.98. The van der Waals surface area contributed by atoms with Crippen LogP contribution in [0.5, 0.6) is 0 Å². The summed E-state index contributed by atoms with van der Waals surface area (Å²) in [4.78, 5) is 22.0. The number of aliphatic hydroxyl groups excluding tert-OH is 1. The third-order valence-electron chi connectivity index (χ3n) is 5.98. The number of benzene rings is 1. The fraction of sp³-hybridized carbons (Fsp3) is 0.500. The van der Waals surface area contributed by atoms with Crippen LogP contribution in [0.2, 0.25) is 0 Å². The van der Waals surface area contributed by atoms with Gasteiger partial charge in [-0.25, -0.2) is 9.78 Å². The van der Waals surface area contributed by atoms with Crippen molar-refractivity contribution in [2.75, 3.05) is 31.1 Å². The van der Waals surface area contributed by atoms with Crippen molar-refractivity contribution in [3.8, 4) is 11.3 Å². The summed E-state index contributed by atoms with van der Waals surface area (Å²) in [5, 5.41) is 9.74. The topological polar surface area (TPSA) is 66.5 Å². The van der Waals surface area contributed by atoms with Crippen molar-refractivity contribution >= 4 is 16.9 Å². The molecule has 7 nitrogen and oxygen atoms in total. The fourth-order valence-corrected chi connectivity index (χ4v) is 4.26. The lowest BCUT2D eigenvalue weighted by Crippen LogP contribution is -2.49. The molecule has 1 unspecified atom stereocenters. The van der Waals surface area contributed by atoms with Crippen LogP contribution in [0.25, 0.3) is 22.4 Å². The highest BCUT2D eigenvalue weighted by molar-refractivity contribution is 5.76. The first-order valence-corrected chi connectivity index (χ1v) is 11.0. The van der Waals surface area contributed by atoms with Gasteiger partial charge in [-0.15, -0.1) is 0 Å². The minimum Gasteiger partial charge on any atom is -0.379 e. The largest absolute Gasteiger partial charge is 0.379 e. The van der Waals surface area contributed by atoms with Gasteiger partial charge < -0.3 is 10.0 Å². The van der Waals surface area contributed by atoms with Gasteiger partial charge >= 0.3 is 5.69 Å². The normalized spacial score (nSPS) is 16.8. The van der Waals surface area contributed by atoms with E-state index in [1.54, 1.807) is 11.6 Å². The molecule has 31 heavy (non-hydrogen) atoms. The van der Waals surface area contributed by atoms with Crippen molar-refractivity contribution < 1.29 is 5.11 Å². The summed E-state index contributed by atoms with van der Waals surface area (Å²) in [6.45, 7) is 12.4. The molecule has 1 atom stereocenters. The van der Waals surface area contributed by atoms with Gasteiger partial charge in [0.15, 0.2) is 5.65 Å². The summed E-state index contributed by atoms with van der Waals surface area (Å²) in [5.41, 5.74) is 4.64. The zero-order valence-corrected chi connectivity index (χ0v) is 19.2. The van der Waals surface area contributed by atoms with E-state index in [0.29, 0.717) is 12.2 Å². The SMILES string of the molecule is CC(O)N1CCN(c2ccc(-c3ccc4c(n3)n(C)c(=O)n4CC(C)(C)C)cc2)CC1. The number of fused-ring (bicyclic) bond motifs is 1. The van der Waals surface area contributed by atoms with Crippen LogP contribution in [0, 0.1) is 5.41 Å². The van der Waals surface area contributed by atoms with Crippen molar-refractivity contribution in [3.63, 3.8) is 0 Å². The van der Waals surface area contributed by atoms with Crippen LogP contribution in [0.4, 0.5) is 5.69 Å². The Balaban J connectivity index is 1.58. The first-order valence-electron chi connectivity index (χ1n) is 11.0. The molecule has 0 aliphatic carbocycles. The summed E-state index contributed by atoms with van der Waals surface area (Å²) < 4.78 is 3.46. The molecule has 3 heterocycles. The predicted octanol–water partition coefficient (Wildman–Crippen LogP) is 2.91. The lowest BCUT2D eigenvalue weighted by Gasteiger charge is -2.37. The number of pyridine rings is 1. The first kappa shape index (κ1) is 21.6. The molecule has 0 saturated carbocycles. The Kier molecular flexibility index (Phi) is 5.66. The minimum absolute atomic E-state index is 0.00726. The van der Waals surface area contributed by atoms with E-state index in [1.165, 1.54) is 5.69 Å². The molecule has 1 N–H and O–H groups in total. The number of rotatable bonds is 4. The molecule has 0 amide bonds. The quantitative estimate of drug-likeness (QED) is 0.699. The molecule has 0 spiro atoms. The summed E-state index contributed by atoms with van der Waals surface area (Å²) >= 11 is 0. The van der Waals surface area contributed by atoms with Crippen molar-refractivity contribution in [2.24, 2.45) is 12.5 Å². The van der Waals surface area contributed by atoms with Gasteiger partial charge in [-0.05, 0) is 36.6 Å². The van der Waals surface area contributed by atoms with E-state index < -0.39 is 0 Å². The summed E-state index contributed by atoms with van der Waals surface area (Å²) in [5.74, 6) is 0. The number of aryl methyl sites for hydroxylation is 1. The average Bonchev–Trinajstić information content (AvgIpc) is 2.97. The second-order valence-corrected chi connectivity index (χ2v) is 9.73. The van der Waals surface area contributed by atoms with Crippen molar-refractivity contribution in [3.05, 3.63) is 46.9 Å². The summed E-state index contributed by atoms with van der Waals surface area (Å²) in [7, 11) is 1.79. The Morgan fingerprint density at radius 2 is 1.68 bits per heavy atom. The lowest BCUT2D eigenvalue weighted by atomic mass is 9.97.